The van der Waals surface area contributed by atoms with Gasteiger partial charge in [0.15, 0.2) is 11.5 Å². The molecule has 0 aliphatic heterocycles. The first-order valence-electron chi connectivity index (χ1n) is 5.43. The lowest BCUT2D eigenvalue weighted by atomic mass is 10.1. The Bertz CT molecular complexity index is 630. The lowest BCUT2D eigenvalue weighted by Crippen LogP contribution is -2.29. The third kappa shape index (κ3) is 2.67. The van der Waals surface area contributed by atoms with E-state index in [0.717, 1.165) is 0 Å². The van der Waals surface area contributed by atoms with Gasteiger partial charge < -0.3 is 14.3 Å². The van der Waals surface area contributed by atoms with E-state index in [0.29, 0.717) is 22.0 Å². The predicted octanol–water partition coefficient (Wildman–Crippen LogP) is 3.05. The molecule has 1 aromatic carbocycles. The lowest BCUT2D eigenvalue weighted by molar-refractivity contribution is 0.132. The zero-order valence-electron chi connectivity index (χ0n) is 10.1. The molecule has 0 bridgehead atoms. The van der Waals surface area contributed by atoms with Crippen molar-refractivity contribution in [1.29, 1.82) is 0 Å². The highest BCUT2D eigenvalue weighted by atomic mass is 79.9. The van der Waals surface area contributed by atoms with E-state index < -0.39 is 11.2 Å². The summed E-state index contributed by atoms with van der Waals surface area (Å²) in [5, 5.41) is 11.1. The molecule has 2 aromatic rings. The second-order valence-corrected chi connectivity index (χ2v) is 5.17. The van der Waals surface area contributed by atoms with Crippen molar-refractivity contribution in [3.63, 3.8) is 0 Å². The zero-order valence-corrected chi connectivity index (χ0v) is 11.7. The Balaban J connectivity index is 2.51. The highest BCUT2D eigenvalue weighted by molar-refractivity contribution is 9.09. The van der Waals surface area contributed by atoms with Crippen molar-refractivity contribution in [1.82, 2.24) is 0 Å². The van der Waals surface area contributed by atoms with E-state index in [1.807, 2.05) is 13.8 Å². The van der Waals surface area contributed by atoms with Crippen LogP contribution in [-0.4, -0.2) is 16.0 Å². The number of hydrogen-bond donors (Lipinski definition) is 1. The molecule has 5 heteroatoms. The van der Waals surface area contributed by atoms with Crippen molar-refractivity contribution < 1.29 is 14.3 Å². The number of halogens is 1. The van der Waals surface area contributed by atoms with Gasteiger partial charge in [-0.2, -0.15) is 0 Å². The van der Waals surface area contributed by atoms with E-state index >= 15 is 0 Å². The van der Waals surface area contributed by atoms with E-state index in [1.165, 1.54) is 18.2 Å². The number of phenols is 1. The number of phenolic OH excluding ortho intramolecular Hbond substituents is 1. The molecular weight excluding hydrogens is 300 g/mol. The Labute approximate surface area is 112 Å². The minimum Gasteiger partial charge on any atom is -0.504 e. The summed E-state index contributed by atoms with van der Waals surface area (Å²) >= 11 is 3.33. The van der Waals surface area contributed by atoms with E-state index in [-0.39, 0.29) is 5.75 Å². The van der Waals surface area contributed by atoms with Crippen LogP contribution in [0.3, 0.4) is 0 Å². The van der Waals surface area contributed by atoms with Crippen LogP contribution in [0.25, 0.3) is 11.0 Å². The molecule has 0 radical (unpaired) electrons. The summed E-state index contributed by atoms with van der Waals surface area (Å²) in [5.41, 5.74) is -0.514. The Morgan fingerprint density at radius 3 is 2.78 bits per heavy atom. The van der Waals surface area contributed by atoms with Crippen molar-refractivity contribution >= 4 is 26.9 Å². The van der Waals surface area contributed by atoms with Crippen LogP contribution in [0.5, 0.6) is 11.5 Å². The third-order valence-corrected chi connectivity index (χ3v) is 3.76. The van der Waals surface area contributed by atoms with Crippen molar-refractivity contribution in [3.8, 4) is 11.5 Å². The summed E-state index contributed by atoms with van der Waals surface area (Å²) in [4.78, 5) is 11.1. The van der Waals surface area contributed by atoms with E-state index in [1.54, 1.807) is 6.07 Å². The third-order valence-electron chi connectivity index (χ3n) is 2.41. The zero-order chi connectivity index (χ0) is 13.3. The van der Waals surface area contributed by atoms with Gasteiger partial charge >= 0.3 is 5.63 Å². The van der Waals surface area contributed by atoms with Gasteiger partial charge in [0, 0.05) is 22.8 Å². The Morgan fingerprint density at radius 1 is 1.39 bits per heavy atom. The maximum absolute atomic E-state index is 11.1. The minimum absolute atomic E-state index is 0.0189. The molecule has 0 saturated heterocycles. The first kappa shape index (κ1) is 13.0. The molecule has 0 spiro atoms. The van der Waals surface area contributed by atoms with Crippen molar-refractivity contribution in [3.05, 3.63) is 34.7 Å². The van der Waals surface area contributed by atoms with Gasteiger partial charge in [-0.3, -0.25) is 0 Å². The quantitative estimate of drug-likeness (QED) is 0.699. The van der Waals surface area contributed by atoms with Crippen LogP contribution in [0, 0.1) is 0 Å². The number of ether oxygens (including phenoxy) is 1. The fourth-order valence-electron chi connectivity index (χ4n) is 1.49. The number of hydrogen-bond acceptors (Lipinski definition) is 4. The summed E-state index contributed by atoms with van der Waals surface area (Å²) in [5.74, 6) is 0.312. The molecule has 0 unspecified atom stereocenters. The number of fused-ring (bicyclic) bond motifs is 1. The first-order valence-corrected chi connectivity index (χ1v) is 6.55. The highest BCUT2D eigenvalue weighted by Gasteiger charge is 2.20. The molecule has 4 nitrogen and oxygen atoms in total. The van der Waals surface area contributed by atoms with E-state index in [2.05, 4.69) is 15.9 Å². The monoisotopic (exact) mass is 312 g/mol. The van der Waals surface area contributed by atoms with Gasteiger partial charge in [0.05, 0.1) is 0 Å². The molecule has 0 saturated carbocycles. The summed E-state index contributed by atoms with van der Waals surface area (Å²) in [7, 11) is 0. The van der Waals surface area contributed by atoms with Crippen LogP contribution in [0.1, 0.15) is 13.8 Å². The standard InChI is InChI=1S/C13H13BrO4/c1-13(2,7-14)18-11-6-10-8(5-9(11)15)3-4-12(16)17-10/h3-6,15H,7H2,1-2H3. The maximum Gasteiger partial charge on any atom is 0.336 e. The number of alkyl halides is 1. The summed E-state index contributed by atoms with van der Waals surface area (Å²) in [6, 6.07) is 5.94. The van der Waals surface area contributed by atoms with Gasteiger partial charge in [-0.1, -0.05) is 15.9 Å². The smallest absolute Gasteiger partial charge is 0.336 e. The van der Waals surface area contributed by atoms with Gasteiger partial charge in [-0.15, -0.1) is 0 Å². The Hall–Kier alpha value is -1.49. The molecule has 1 aromatic heterocycles. The number of aromatic hydroxyl groups is 1. The minimum atomic E-state index is -0.472. The fraction of sp³-hybridized carbons (Fsp3) is 0.308. The Kier molecular flexibility index (Phi) is 3.34. The molecule has 0 fully saturated rings. The van der Waals surface area contributed by atoms with Gasteiger partial charge in [0.25, 0.3) is 0 Å². The second-order valence-electron chi connectivity index (χ2n) is 4.61. The molecule has 0 aliphatic carbocycles. The number of rotatable bonds is 3. The first-order chi connectivity index (χ1) is 8.41. The molecule has 0 amide bonds. The van der Waals surface area contributed by atoms with Crippen LogP contribution in [0.2, 0.25) is 0 Å². The maximum atomic E-state index is 11.1. The van der Waals surface area contributed by atoms with E-state index in [4.69, 9.17) is 9.15 Å². The van der Waals surface area contributed by atoms with Crippen LogP contribution >= 0.6 is 15.9 Å². The van der Waals surface area contributed by atoms with Crippen LogP contribution in [0.15, 0.2) is 33.5 Å². The molecular formula is C13H13BrO4. The van der Waals surface area contributed by atoms with Crippen molar-refractivity contribution in [2.75, 3.05) is 5.33 Å². The average molecular weight is 313 g/mol. The highest BCUT2D eigenvalue weighted by Crippen LogP contribution is 2.33. The van der Waals surface area contributed by atoms with Crippen LogP contribution < -0.4 is 10.4 Å². The average Bonchev–Trinajstić information content (AvgIpc) is 2.30. The summed E-state index contributed by atoms with van der Waals surface area (Å²) in [6.45, 7) is 3.76. The molecule has 0 atom stereocenters. The Morgan fingerprint density at radius 2 is 2.11 bits per heavy atom. The SMILES string of the molecule is CC(C)(CBr)Oc1cc2oc(=O)ccc2cc1O. The fourth-order valence-corrected chi connectivity index (χ4v) is 1.61. The van der Waals surface area contributed by atoms with Crippen LogP contribution in [-0.2, 0) is 0 Å². The molecule has 1 N–H and O–H groups in total. The molecule has 0 aliphatic rings. The predicted molar refractivity (Wildman–Crippen MR) is 72.6 cm³/mol. The van der Waals surface area contributed by atoms with Gasteiger partial charge in [0.1, 0.15) is 11.2 Å². The summed E-state index contributed by atoms with van der Waals surface area (Å²) in [6.07, 6.45) is 0. The van der Waals surface area contributed by atoms with Gasteiger partial charge in [0.2, 0.25) is 0 Å². The summed E-state index contributed by atoms with van der Waals surface area (Å²) < 4.78 is 10.7. The number of benzene rings is 1. The topological polar surface area (TPSA) is 59.7 Å². The lowest BCUT2D eigenvalue weighted by Gasteiger charge is -2.24. The molecule has 1 heterocycles. The molecule has 96 valence electrons. The van der Waals surface area contributed by atoms with E-state index in [9.17, 15) is 9.90 Å². The normalized spacial score (nSPS) is 11.7. The van der Waals surface area contributed by atoms with Crippen molar-refractivity contribution in [2.24, 2.45) is 0 Å². The largest absolute Gasteiger partial charge is 0.504 e. The van der Waals surface area contributed by atoms with Gasteiger partial charge in [-0.05, 0) is 26.0 Å². The second kappa shape index (κ2) is 4.65. The van der Waals surface area contributed by atoms with Gasteiger partial charge in [-0.25, -0.2) is 4.79 Å². The molecule has 18 heavy (non-hydrogen) atoms. The van der Waals surface area contributed by atoms with Crippen molar-refractivity contribution in [2.45, 2.75) is 19.4 Å². The molecule has 2 rings (SSSR count). The van der Waals surface area contributed by atoms with Crippen LogP contribution in [0.4, 0.5) is 0 Å².